The maximum Gasteiger partial charge on any atom is 0.417 e. The summed E-state index contributed by atoms with van der Waals surface area (Å²) >= 11 is 0. The molecule has 25 heavy (non-hydrogen) atoms. The molecule has 0 radical (unpaired) electrons. The van der Waals surface area contributed by atoms with Crippen molar-refractivity contribution >= 4 is 28.5 Å². The Balaban J connectivity index is 1.92. The Hall–Kier alpha value is -3.42. The van der Waals surface area contributed by atoms with Gasteiger partial charge in [-0.2, -0.15) is 0 Å². The van der Waals surface area contributed by atoms with Crippen LogP contribution in [-0.4, -0.2) is 29.0 Å². The minimum absolute atomic E-state index is 0.122. The number of fused-ring (bicyclic) bond motifs is 1. The van der Waals surface area contributed by atoms with E-state index in [1.54, 1.807) is 18.5 Å². The van der Waals surface area contributed by atoms with E-state index >= 15 is 0 Å². The second kappa shape index (κ2) is 6.60. The van der Waals surface area contributed by atoms with E-state index in [2.05, 4.69) is 15.3 Å². The molecule has 3 rings (SSSR count). The van der Waals surface area contributed by atoms with Gasteiger partial charge in [0.25, 0.3) is 5.88 Å². The number of amides is 1. The molecular weight excluding hydrogens is 326 g/mol. The van der Waals surface area contributed by atoms with Crippen molar-refractivity contribution < 1.29 is 23.5 Å². The van der Waals surface area contributed by atoms with Crippen molar-refractivity contribution in [3.8, 4) is 11.6 Å². The second-order valence-electron chi connectivity index (χ2n) is 5.25. The average Bonchev–Trinajstić information content (AvgIpc) is 3.03. The van der Waals surface area contributed by atoms with Crippen LogP contribution in [0.5, 0.6) is 11.6 Å². The normalized spacial score (nSPS) is 10.5. The highest BCUT2D eigenvalue weighted by molar-refractivity contribution is 5.99. The van der Waals surface area contributed by atoms with E-state index in [4.69, 9.17) is 13.9 Å². The van der Waals surface area contributed by atoms with Gasteiger partial charge in [-0.1, -0.05) is 0 Å². The molecule has 1 N–H and O–H groups in total. The lowest BCUT2D eigenvalue weighted by molar-refractivity contribution is 0.0989. The van der Waals surface area contributed by atoms with Crippen LogP contribution in [0.3, 0.4) is 0 Å². The second-order valence-corrected chi connectivity index (χ2v) is 5.25. The van der Waals surface area contributed by atoms with Crippen LogP contribution in [0.2, 0.25) is 0 Å². The smallest absolute Gasteiger partial charge is 0.417 e. The molecule has 0 atom stereocenters. The summed E-state index contributed by atoms with van der Waals surface area (Å²) in [6.07, 6.45) is 3.82. The van der Waals surface area contributed by atoms with E-state index in [0.29, 0.717) is 11.1 Å². The van der Waals surface area contributed by atoms with Crippen LogP contribution in [0.15, 0.2) is 35.1 Å². The van der Waals surface area contributed by atoms with E-state index in [-0.39, 0.29) is 28.8 Å². The van der Waals surface area contributed by atoms with Gasteiger partial charge in [-0.25, -0.2) is 9.78 Å². The van der Waals surface area contributed by atoms with Crippen molar-refractivity contribution in [2.24, 2.45) is 0 Å². The Bertz CT molecular complexity index is 964. The molecule has 3 aromatic rings. The number of nitrogens with zero attached hydrogens (tertiary/aromatic N) is 2. The molecular formula is C17H15N3O5. The molecule has 128 valence electrons. The van der Waals surface area contributed by atoms with Gasteiger partial charge in [0.05, 0.1) is 18.7 Å². The number of hydrogen-bond donors (Lipinski definition) is 1. The standard InChI is InChI=1S/C17H15N3O5/c1-9-7-18-5-4-12(9)20-17(22)25-14-8-19-16(23-3)15-11(14)6-13(24-15)10(2)21/h4-8H,1-3H3,(H,18,20,22). The minimum Gasteiger partial charge on any atom is -0.478 e. The number of furan rings is 1. The molecule has 0 saturated carbocycles. The lowest BCUT2D eigenvalue weighted by atomic mass is 10.2. The summed E-state index contributed by atoms with van der Waals surface area (Å²) in [6, 6.07) is 3.15. The Kier molecular flexibility index (Phi) is 4.34. The summed E-state index contributed by atoms with van der Waals surface area (Å²) in [7, 11) is 1.43. The Morgan fingerprint density at radius 2 is 2.08 bits per heavy atom. The van der Waals surface area contributed by atoms with Crippen molar-refractivity contribution in [1.29, 1.82) is 0 Å². The molecule has 0 aliphatic rings. The number of aromatic nitrogens is 2. The van der Waals surface area contributed by atoms with Gasteiger partial charge in [0, 0.05) is 25.0 Å². The number of carbonyl (C=O) groups excluding carboxylic acids is 2. The quantitative estimate of drug-likeness (QED) is 0.726. The molecule has 8 nitrogen and oxygen atoms in total. The third kappa shape index (κ3) is 3.27. The summed E-state index contributed by atoms with van der Waals surface area (Å²) in [6.45, 7) is 3.18. The highest BCUT2D eigenvalue weighted by Gasteiger charge is 2.19. The maximum absolute atomic E-state index is 12.2. The van der Waals surface area contributed by atoms with E-state index in [1.165, 1.54) is 26.3 Å². The zero-order chi connectivity index (χ0) is 18.0. The third-order valence-corrected chi connectivity index (χ3v) is 3.49. The monoisotopic (exact) mass is 341 g/mol. The van der Waals surface area contributed by atoms with E-state index in [1.807, 2.05) is 6.92 Å². The fraction of sp³-hybridized carbons (Fsp3) is 0.176. The molecule has 0 aliphatic carbocycles. The number of Topliss-reactive ketones (excluding diaryl/α,β-unsaturated/α-hetero) is 1. The molecule has 3 heterocycles. The number of methoxy groups -OCH3 is 1. The zero-order valence-electron chi connectivity index (χ0n) is 13.8. The van der Waals surface area contributed by atoms with Crippen LogP contribution >= 0.6 is 0 Å². The zero-order valence-corrected chi connectivity index (χ0v) is 13.8. The molecule has 0 fully saturated rings. The van der Waals surface area contributed by atoms with Crippen LogP contribution in [0.1, 0.15) is 23.0 Å². The molecule has 0 spiro atoms. The largest absolute Gasteiger partial charge is 0.478 e. The van der Waals surface area contributed by atoms with Crippen molar-refractivity contribution in [3.63, 3.8) is 0 Å². The molecule has 8 heteroatoms. The van der Waals surface area contributed by atoms with Crippen LogP contribution in [0.4, 0.5) is 10.5 Å². The van der Waals surface area contributed by atoms with Gasteiger partial charge in [-0.3, -0.25) is 15.1 Å². The van der Waals surface area contributed by atoms with E-state index in [9.17, 15) is 9.59 Å². The molecule has 0 unspecified atom stereocenters. The van der Waals surface area contributed by atoms with Gasteiger partial charge < -0.3 is 13.9 Å². The predicted molar refractivity (Wildman–Crippen MR) is 89.2 cm³/mol. The molecule has 0 aromatic carbocycles. The summed E-state index contributed by atoms with van der Waals surface area (Å²) < 4.78 is 15.9. The van der Waals surface area contributed by atoms with Crippen LogP contribution in [0.25, 0.3) is 11.0 Å². The van der Waals surface area contributed by atoms with Crippen LogP contribution in [-0.2, 0) is 0 Å². The topological polar surface area (TPSA) is 104 Å². The number of ketones is 1. The lowest BCUT2D eigenvalue weighted by Gasteiger charge is -2.09. The first kappa shape index (κ1) is 16.4. The number of rotatable bonds is 4. The van der Waals surface area contributed by atoms with E-state index in [0.717, 1.165) is 5.56 Å². The fourth-order valence-corrected chi connectivity index (χ4v) is 2.23. The number of aryl methyl sites for hydroxylation is 1. The first-order valence-electron chi connectivity index (χ1n) is 7.36. The number of ether oxygens (including phenoxy) is 2. The SMILES string of the molecule is COc1ncc(OC(=O)Nc2ccncc2C)c2cc(C(C)=O)oc12. The van der Waals surface area contributed by atoms with Gasteiger partial charge >= 0.3 is 6.09 Å². The van der Waals surface area contributed by atoms with Crippen molar-refractivity contribution in [2.75, 3.05) is 12.4 Å². The average molecular weight is 341 g/mol. The highest BCUT2D eigenvalue weighted by Crippen LogP contribution is 2.34. The molecule has 0 aliphatic heterocycles. The number of carbonyl (C=O) groups is 2. The number of anilines is 1. The van der Waals surface area contributed by atoms with Gasteiger partial charge in [0.1, 0.15) is 0 Å². The Morgan fingerprint density at radius 3 is 2.76 bits per heavy atom. The Labute approximate surface area is 142 Å². The van der Waals surface area contributed by atoms with Gasteiger partial charge in [-0.05, 0) is 24.6 Å². The van der Waals surface area contributed by atoms with Crippen molar-refractivity contribution in [2.45, 2.75) is 13.8 Å². The maximum atomic E-state index is 12.2. The molecule has 0 saturated heterocycles. The third-order valence-electron chi connectivity index (χ3n) is 3.49. The summed E-state index contributed by atoms with van der Waals surface area (Å²) in [5, 5.41) is 3.04. The minimum atomic E-state index is -0.701. The number of nitrogens with one attached hydrogen (secondary N) is 1. The molecule has 0 bridgehead atoms. The summed E-state index contributed by atoms with van der Waals surface area (Å²) in [5.41, 5.74) is 1.60. The van der Waals surface area contributed by atoms with Crippen LogP contribution in [0, 0.1) is 6.92 Å². The number of hydrogen-bond acceptors (Lipinski definition) is 7. The fourth-order valence-electron chi connectivity index (χ4n) is 2.23. The van der Waals surface area contributed by atoms with E-state index < -0.39 is 6.09 Å². The summed E-state index contributed by atoms with van der Waals surface area (Å²) in [4.78, 5) is 31.7. The molecule has 1 amide bonds. The lowest BCUT2D eigenvalue weighted by Crippen LogP contribution is -2.17. The molecule has 3 aromatic heterocycles. The number of pyridine rings is 2. The van der Waals surface area contributed by atoms with Gasteiger partial charge in [-0.15, -0.1) is 0 Å². The highest BCUT2D eigenvalue weighted by atomic mass is 16.6. The first-order valence-corrected chi connectivity index (χ1v) is 7.36. The van der Waals surface area contributed by atoms with Gasteiger partial charge in [0.2, 0.25) is 5.58 Å². The predicted octanol–water partition coefficient (Wildman–Crippen LogP) is 3.35. The Morgan fingerprint density at radius 1 is 1.28 bits per heavy atom. The summed E-state index contributed by atoms with van der Waals surface area (Å²) in [5.74, 6) is 0.203. The van der Waals surface area contributed by atoms with Crippen molar-refractivity contribution in [3.05, 3.63) is 42.0 Å². The van der Waals surface area contributed by atoms with Gasteiger partial charge in [0.15, 0.2) is 17.3 Å². The van der Waals surface area contributed by atoms with Crippen molar-refractivity contribution in [1.82, 2.24) is 9.97 Å². The first-order chi connectivity index (χ1) is 12.0. The van der Waals surface area contributed by atoms with Crippen LogP contribution < -0.4 is 14.8 Å².